The topological polar surface area (TPSA) is 48.0 Å². The quantitative estimate of drug-likeness (QED) is 0.818. The van der Waals surface area contributed by atoms with Gasteiger partial charge in [0.1, 0.15) is 23.9 Å². The third-order valence-corrected chi connectivity index (χ3v) is 4.05. The SMILES string of the molecule is COc1ccc(OCCN(C)C(=O)C2Cc3ccccc3O2)cc1. The van der Waals surface area contributed by atoms with Crippen molar-refractivity contribution in [1.82, 2.24) is 4.90 Å². The minimum absolute atomic E-state index is 0.0236. The first-order valence-corrected chi connectivity index (χ1v) is 7.94. The third kappa shape index (κ3) is 3.62. The van der Waals surface area contributed by atoms with Crippen LogP contribution in [0.1, 0.15) is 5.56 Å². The predicted octanol–water partition coefficient (Wildman–Crippen LogP) is 2.54. The van der Waals surface area contributed by atoms with Gasteiger partial charge in [-0.25, -0.2) is 0 Å². The van der Waals surface area contributed by atoms with Crippen LogP contribution in [0.2, 0.25) is 0 Å². The average molecular weight is 327 g/mol. The molecule has 1 aliphatic rings. The fourth-order valence-electron chi connectivity index (χ4n) is 2.65. The minimum atomic E-state index is -0.437. The van der Waals surface area contributed by atoms with E-state index in [1.165, 1.54) is 0 Å². The normalized spacial score (nSPS) is 15.3. The number of rotatable bonds is 6. The lowest BCUT2D eigenvalue weighted by Gasteiger charge is -2.21. The Balaban J connectivity index is 1.46. The van der Waals surface area contributed by atoms with E-state index in [9.17, 15) is 4.79 Å². The van der Waals surface area contributed by atoms with Gasteiger partial charge in [0, 0.05) is 13.5 Å². The third-order valence-electron chi connectivity index (χ3n) is 4.05. The molecular weight excluding hydrogens is 306 g/mol. The van der Waals surface area contributed by atoms with Crippen LogP contribution in [0, 0.1) is 0 Å². The van der Waals surface area contributed by atoms with Gasteiger partial charge in [-0.1, -0.05) is 18.2 Å². The molecule has 1 atom stereocenters. The molecule has 3 rings (SSSR count). The van der Waals surface area contributed by atoms with Crippen LogP contribution in [0.15, 0.2) is 48.5 Å². The fraction of sp³-hybridized carbons (Fsp3) is 0.316. The monoisotopic (exact) mass is 327 g/mol. The summed E-state index contributed by atoms with van der Waals surface area (Å²) in [5.41, 5.74) is 1.08. The molecule has 1 unspecified atom stereocenters. The zero-order chi connectivity index (χ0) is 16.9. The molecule has 24 heavy (non-hydrogen) atoms. The van der Waals surface area contributed by atoms with E-state index in [1.54, 1.807) is 19.1 Å². The van der Waals surface area contributed by atoms with Gasteiger partial charge in [-0.2, -0.15) is 0 Å². The molecule has 0 fully saturated rings. The molecule has 1 heterocycles. The van der Waals surface area contributed by atoms with Gasteiger partial charge in [-0.3, -0.25) is 4.79 Å². The molecule has 1 amide bonds. The van der Waals surface area contributed by atoms with Gasteiger partial charge < -0.3 is 19.1 Å². The van der Waals surface area contributed by atoms with Gasteiger partial charge in [0.15, 0.2) is 6.10 Å². The van der Waals surface area contributed by atoms with Gasteiger partial charge in [-0.05, 0) is 35.9 Å². The Kier molecular flexibility index (Phi) is 4.89. The Bertz CT molecular complexity index is 674. The first-order chi connectivity index (χ1) is 11.7. The zero-order valence-electron chi connectivity index (χ0n) is 13.9. The maximum absolute atomic E-state index is 12.5. The lowest BCUT2D eigenvalue weighted by Crippen LogP contribution is -2.40. The Morgan fingerprint density at radius 2 is 1.88 bits per heavy atom. The number of likely N-dealkylation sites (N-methyl/N-ethyl adjacent to an activating group) is 1. The number of ether oxygens (including phenoxy) is 3. The summed E-state index contributed by atoms with van der Waals surface area (Å²) in [4.78, 5) is 14.1. The summed E-state index contributed by atoms with van der Waals surface area (Å²) >= 11 is 0. The van der Waals surface area contributed by atoms with Crippen LogP contribution in [0.5, 0.6) is 17.2 Å². The minimum Gasteiger partial charge on any atom is -0.497 e. The average Bonchev–Trinajstić information content (AvgIpc) is 3.05. The fourth-order valence-corrected chi connectivity index (χ4v) is 2.65. The highest BCUT2D eigenvalue weighted by atomic mass is 16.5. The second-order valence-corrected chi connectivity index (χ2v) is 5.70. The van der Waals surface area contributed by atoms with Crippen LogP contribution in [0.4, 0.5) is 0 Å². The summed E-state index contributed by atoms with van der Waals surface area (Å²) in [6, 6.07) is 15.1. The first kappa shape index (κ1) is 16.2. The van der Waals surface area contributed by atoms with Crippen molar-refractivity contribution in [3.63, 3.8) is 0 Å². The number of hydrogen-bond donors (Lipinski definition) is 0. The summed E-state index contributed by atoms with van der Waals surface area (Å²) in [6.07, 6.45) is 0.187. The molecule has 0 saturated heterocycles. The standard InChI is InChI=1S/C19H21NO4/c1-20(11-12-23-16-9-7-15(22-2)8-10-16)19(21)18-13-14-5-3-4-6-17(14)24-18/h3-10,18H,11-13H2,1-2H3. The van der Waals surface area contributed by atoms with Gasteiger partial charge in [0.25, 0.3) is 5.91 Å². The molecule has 0 aromatic heterocycles. The van der Waals surface area contributed by atoms with Crippen LogP contribution in [0.25, 0.3) is 0 Å². The van der Waals surface area contributed by atoms with Crippen molar-refractivity contribution in [2.24, 2.45) is 0 Å². The second-order valence-electron chi connectivity index (χ2n) is 5.70. The number of nitrogens with zero attached hydrogens (tertiary/aromatic N) is 1. The van der Waals surface area contributed by atoms with E-state index in [2.05, 4.69) is 0 Å². The molecule has 0 bridgehead atoms. The summed E-state index contributed by atoms with van der Waals surface area (Å²) in [5.74, 6) is 2.32. The molecule has 0 spiro atoms. The molecular formula is C19H21NO4. The highest BCUT2D eigenvalue weighted by Crippen LogP contribution is 2.28. The predicted molar refractivity (Wildman–Crippen MR) is 90.7 cm³/mol. The van der Waals surface area contributed by atoms with Crippen LogP contribution in [-0.2, 0) is 11.2 Å². The largest absolute Gasteiger partial charge is 0.497 e. The van der Waals surface area contributed by atoms with Gasteiger partial charge in [-0.15, -0.1) is 0 Å². The van der Waals surface area contributed by atoms with E-state index in [1.807, 2.05) is 48.5 Å². The Morgan fingerprint density at radius 3 is 2.58 bits per heavy atom. The molecule has 0 saturated carbocycles. The van der Waals surface area contributed by atoms with E-state index < -0.39 is 6.10 Å². The van der Waals surface area contributed by atoms with E-state index in [0.29, 0.717) is 19.6 Å². The molecule has 0 radical (unpaired) electrons. The van der Waals surface area contributed by atoms with Crippen molar-refractivity contribution in [3.8, 4) is 17.2 Å². The van der Waals surface area contributed by atoms with Crippen molar-refractivity contribution in [1.29, 1.82) is 0 Å². The van der Waals surface area contributed by atoms with Gasteiger partial charge >= 0.3 is 0 Å². The van der Waals surface area contributed by atoms with Gasteiger partial charge in [0.05, 0.1) is 13.7 Å². The number of carbonyl (C=O) groups excluding carboxylic acids is 1. The van der Waals surface area contributed by atoms with E-state index >= 15 is 0 Å². The van der Waals surface area contributed by atoms with Crippen molar-refractivity contribution in [3.05, 3.63) is 54.1 Å². The number of amides is 1. The van der Waals surface area contributed by atoms with E-state index in [-0.39, 0.29) is 5.91 Å². The van der Waals surface area contributed by atoms with Gasteiger partial charge in [0.2, 0.25) is 0 Å². The molecule has 5 nitrogen and oxygen atoms in total. The molecule has 5 heteroatoms. The summed E-state index contributed by atoms with van der Waals surface area (Å²) in [5, 5.41) is 0. The van der Waals surface area contributed by atoms with Crippen molar-refractivity contribution < 1.29 is 19.0 Å². The summed E-state index contributed by atoms with van der Waals surface area (Å²) < 4.78 is 16.5. The van der Waals surface area contributed by atoms with Crippen LogP contribution in [0.3, 0.4) is 0 Å². The highest BCUT2D eigenvalue weighted by molar-refractivity contribution is 5.82. The van der Waals surface area contributed by atoms with Crippen molar-refractivity contribution in [2.45, 2.75) is 12.5 Å². The summed E-state index contributed by atoms with van der Waals surface area (Å²) in [7, 11) is 3.39. The Hall–Kier alpha value is -2.69. The smallest absolute Gasteiger partial charge is 0.263 e. The van der Waals surface area contributed by atoms with Crippen LogP contribution in [-0.4, -0.2) is 44.2 Å². The molecule has 0 aliphatic carbocycles. The van der Waals surface area contributed by atoms with E-state index in [4.69, 9.17) is 14.2 Å². The number of hydrogen-bond acceptors (Lipinski definition) is 4. The van der Waals surface area contributed by atoms with Crippen LogP contribution >= 0.6 is 0 Å². The number of benzene rings is 2. The highest BCUT2D eigenvalue weighted by Gasteiger charge is 2.30. The number of carbonyl (C=O) groups is 1. The molecule has 1 aliphatic heterocycles. The molecule has 2 aromatic rings. The van der Waals surface area contributed by atoms with Crippen molar-refractivity contribution >= 4 is 5.91 Å². The van der Waals surface area contributed by atoms with Crippen LogP contribution < -0.4 is 14.2 Å². The maximum Gasteiger partial charge on any atom is 0.263 e. The summed E-state index contributed by atoms with van der Waals surface area (Å²) in [6.45, 7) is 0.926. The molecule has 2 aromatic carbocycles. The maximum atomic E-state index is 12.5. The lowest BCUT2D eigenvalue weighted by atomic mass is 10.1. The molecule has 126 valence electrons. The zero-order valence-corrected chi connectivity index (χ0v) is 13.9. The van der Waals surface area contributed by atoms with Crippen molar-refractivity contribution in [2.75, 3.05) is 27.3 Å². The first-order valence-electron chi connectivity index (χ1n) is 7.94. The number of para-hydroxylation sites is 1. The lowest BCUT2D eigenvalue weighted by molar-refractivity contribution is -0.136. The number of methoxy groups -OCH3 is 1. The Morgan fingerprint density at radius 1 is 1.17 bits per heavy atom. The number of fused-ring (bicyclic) bond motifs is 1. The van der Waals surface area contributed by atoms with E-state index in [0.717, 1.165) is 22.8 Å². The Labute approximate surface area is 141 Å². The molecule has 0 N–H and O–H groups in total. The second kappa shape index (κ2) is 7.25.